The summed E-state index contributed by atoms with van der Waals surface area (Å²) in [6.45, 7) is 9.05. The van der Waals surface area contributed by atoms with Crippen molar-refractivity contribution >= 4 is 5.97 Å². The molecule has 1 N–H and O–H groups in total. The van der Waals surface area contributed by atoms with Crippen molar-refractivity contribution in [2.75, 3.05) is 13.1 Å². The van der Waals surface area contributed by atoms with Gasteiger partial charge in [0.2, 0.25) is 0 Å². The molecular weight excluding hydrogens is 214 g/mol. The van der Waals surface area contributed by atoms with E-state index in [1.54, 1.807) is 6.08 Å². The molecule has 1 rings (SSSR count). The zero-order valence-corrected chi connectivity index (χ0v) is 10.4. The van der Waals surface area contributed by atoms with E-state index in [-0.39, 0.29) is 6.54 Å². The lowest BCUT2D eigenvalue weighted by Crippen LogP contribution is -2.29. The second-order valence-electron chi connectivity index (χ2n) is 4.21. The SMILES string of the molecule is C=CCN(CC(=O)O)Cc1cccc(C)c1C. The topological polar surface area (TPSA) is 40.5 Å². The molecule has 0 bridgehead atoms. The Kier molecular flexibility index (Phi) is 4.91. The van der Waals surface area contributed by atoms with Gasteiger partial charge in [0, 0.05) is 13.1 Å². The average Bonchev–Trinajstić information content (AvgIpc) is 2.24. The standard InChI is InChI=1S/C14H19NO2/c1-4-8-15(10-14(16)17)9-13-7-5-6-11(2)12(13)3/h4-7H,1,8-10H2,2-3H3,(H,16,17). The minimum atomic E-state index is -0.808. The Morgan fingerprint density at radius 2 is 2.18 bits per heavy atom. The number of carbonyl (C=O) groups is 1. The number of aryl methyl sites for hydroxylation is 1. The van der Waals surface area contributed by atoms with E-state index in [4.69, 9.17) is 5.11 Å². The second kappa shape index (κ2) is 6.21. The molecule has 0 aromatic heterocycles. The third-order valence-corrected chi connectivity index (χ3v) is 2.86. The first-order valence-electron chi connectivity index (χ1n) is 5.64. The highest BCUT2D eigenvalue weighted by molar-refractivity contribution is 5.69. The van der Waals surface area contributed by atoms with Gasteiger partial charge >= 0.3 is 5.97 Å². The van der Waals surface area contributed by atoms with Gasteiger partial charge in [-0.3, -0.25) is 9.69 Å². The van der Waals surface area contributed by atoms with Crippen molar-refractivity contribution in [3.8, 4) is 0 Å². The molecule has 92 valence electrons. The van der Waals surface area contributed by atoms with Crippen LogP contribution in [0.3, 0.4) is 0 Å². The molecule has 0 saturated carbocycles. The van der Waals surface area contributed by atoms with Crippen LogP contribution in [-0.4, -0.2) is 29.1 Å². The van der Waals surface area contributed by atoms with Crippen LogP contribution >= 0.6 is 0 Å². The lowest BCUT2D eigenvalue weighted by Gasteiger charge is -2.20. The number of carboxylic acid groups (broad SMARTS) is 1. The monoisotopic (exact) mass is 233 g/mol. The molecule has 0 radical (unpaired) electrons. The first-order chi connectivity index (χ1) is 8.04. The highest BCUT2D eigenvalue weighted by atomic mass is 16.4. The normalized spacial score (nSPS) is 10.5. The van der Waals surface area contributed by atoms with Gasteiger partial charge in [0.25, 0.3) is 0 Å². The Morgan fingerprint density at radius 1 is 1.47 bits per heavy atom. The number of aliphatic carboxylic acids is 1. The second-order valence-corrected chi connectivity index (χ2v) is 4.21. The van der Waals surface area contributed by atoms with Gasteiger partial charge in [-0.05, 0) is 30.5 Å². The van der Waals surface area contributed by atoms with Gasteiger partial charge in [0.05, 0.1) is 6.54 Å². The molecule has 0 aliphatic carbocycles. The summed E-state index contributed by atoms with van der Waals surface area (Å²) in [5, 5.41) is 8.84. The zero-order chi connectivity index (χ0) is 12.8. The molecule has 1 aromatic carbocycles. The van der Waals surface area contributed by atoms with Crippen molar-refractivity contribution in [1.29, 1.82) is 0 Å². The largest absolute Gasteiger partial charge is 0.480 e. The molecule has 0 fully saturated rings. The molecule has 0 saturated heterocycles. The van der Waals surface area contributed by atoms with Gasteiger partial charge in [-0.15, -0.1) is 6.58 Å². The van der Waals surface area contributed by atoms with Crippen molar-refractivity contribution in [2.45, 2.75) is 20.4 Å². The van der Waals surface area contributed by atoms with Crippen LogP contribution < -0.4 is 0 Å². The third-order valence-electron chi connectivity index (χ3n) is 2.86. The quantitative estimate of drug-likeness (QED) is 0.767. The van der Waals surface area contributed by atoms with E-state index in [1.165, 1.54) is 16.7 Å². The molecule has 0 unspecified atom stereocenters. The fourth-order valence-corrected chi connectivity index (χ4v) is 1.78. The van der Waals surface area contributed by atoms with Crippen LogP contribution in [0.2, 0.25) is 0 Å². The zero-order valence-electron chi connectivity index (χ0n) is 10.4. The summed E-state index contributed by atoms with van der Waals surface area (Å²) in [5.74, 6) is -0.808. The maximum atomic E-state index is 10.8. The molecule has 3 nitrogen and oxygen atoms in total. The van der Waals surface area contributed by atoms with E-state index in [0.29, 0.717) is 13.1 Å². The highest BCUT2D eigenvalue weighted by Crippen LogP contribution is 2.14. The van der Waals surface area contributed by atoms with E-state index >= 15 is 0 Å². The Hall–Kier alpha value is -1.61. The van der Waals surface area contributed by atoms with E-state index in [0.717, 1.165) is 0 Å². The third kappa shape index (κ3) is 4.04. The predicted octanol–water partition coefficient (Wildman–Crippen LogP) is 2.38. The average molecular weight is 233 g/mol. The number of nitrogens with zero attached hydrogens (tertiary/aromatic N) is 1. The van der Waals surface area contributed by atoms with Crippen LogP contribution in [0.5, 0.6) is 0 Å². The minimum absolute atomic E-state index is 0.0411. The van der Waals surface area contributed by atoms with E-state index in [1.807, 2.05) is 17.0 Å². The molecule has 0 heterocycles. The first-order valence-corrected chi connectivity index (χ1v) is 5.64. The molecule has 1 aromatic rings. The van der Waals surface area contributed by atoms with Gasteiger partial charge in [0.1, 0.15) is 0 Å². The Morgan fingerprint density at radius 3 is 2.76 bits per heavy atom. The van der Waals surface area contributed by atoms with Crippen LogP contribution in [0.25, 0.3) is 0 Å². The van der Waals surface area contributed by atoms with E-state index in [9.17, 15) is 4.79 Å². The van der Waals surface area contributed by atoms with Gasteiger partial charge in [-0.25, -0.2) is 0 Å². The van der Waals surface area contributed by atoms with Crippen molar-refractivity contribution in [3.63, 3.8) is 0 Å². The molecule has 0 atom stereocenters. The van der Waals surface area contributed by atoms with Crippen LogP contribution in [0.4, 0.5) is 0 Å². The van der Waals surface area contributed by atoms with E-state index < -0.39 is 5.97 Å². The molecule has 0 spiro atoms. The summed E-state index contributed by atoms with van der Waals surface area (Å²) in [7, 11) is 0. The maximum Gasteiger partial charge on any atom is 0.317 e. The van der Waals surface area contributed by atoms with Gasteiger partial charge in [-0.2, -0.15) is 0 Å². The van der Waals surface area contributed by atoms with Crippen LogP contribution in [0, 0.1) is 13.8 Å². The molecule has 3 heteroatoms. The van der Waals surface area contributed by atoms with Gasteiger partial charge < -0.3 is 5.11 Å². The number of hydrogen-bond acceptors (Lipinski definition) is 2. The van der Waals surface area contributed by atoms with Gasteiger partial charge in [-0.1, -0.05) is 24.3 Å². The van der Waals surface area contributed by atoms with E-state index in [2.05, 4.69) is 26.5 Å². The summed E-state index contributed by atoms with van der Waals surface area (Å²) in [6.07, 6.45) is 1.73. The minimum Gasteiger partial charge on any atom is -0.480 e. The summed E-state index contributed by atoms with van der Waals surface area (Å²) < 4.78 is 0. The summed E-state index contributed by atoms with van der Waals surface area (Å²) in [4.78, 5) is 12.6. The molecular formula is C14H19NO2. The lowest BCUT2D eigenvalue weighted by molar-refractivity contribution is -0.138. The molecule has 0 aliphatic rings. The van der Waals surface area contributed by atoms with Crippen molar-refractivity contribution in [3.05, 3.63) is 47.5 Å². The van der Waals surface area contributed by atoms with Crippen LogP contribution in [-0.2, 0) is 11.3 Å². The number of rotatable bonds is 6. The molecule has 0 aliphatic heterocycles. The summed E-state index contributed by atoms with van der Waals surface area (Å²) >= 11 is 0. The number of carboxylic acids is 1. The Balaban J connectivity index is 2.81. The summed E-state index contributed by atoms with van der Waals surface area (Å²) in [5.41, 5.74) is 3.64. The lowest BCUT2D eigenvalue weighted by atomic mass is 10.0. The smallest absolute Gasteiger partial charge is 0.317 e. The molecule has 17 heavy (non-hydrogen) atoms. The highest BCUT2D eigenvalue weighted by Gasteiger charge is 2.10. The Labute approximate surface area is 102 Å². The number of benzene rings is 1. The number of hydrogen-bond donors (Lipinski definition) is 1. The van der Waals surface area contributed by atoms with Crippen molar-refractivity contribution in [1.82, 2.24) is 4.90 Å². The maximum absolute atomic E-state index is 10.8. The first kappa shape index (κ1) is 13.5. The Bertz CT molecular complexity index is 413. The van der Waals surface area contributed by atoms with Crippen molar-refractivity contribution in [2.24, 2.45) is 0 Å². The van der Waals surface area contributed by atoms with Crippen LogP contribution in [0.1, 0.15) is 16.7 Å². The fourth-order valence-electron chi connectivity index (χ4n) is 1.78. The predicted molar refractivity (Wildman–Crippen MR) is 69.0 cm³/mol. The van der Waals surface area contributed by atoms with Crippen molar-refractivity contribution < 1.29 is 9.90 Å². The van der Waals surface area contributed by atoms with Crippen LogP contribution in [0.15, 0.2) is 30.9 Å². The summed E-state index contributed by atoms with van der Waals surface area (Å²) in [6, 6.07) is 6.11. The molecule has 0 amide bonds. The fraction of sp³-hybridized carbons (Fsp3) is 0.357. The van der Waals surface area contributed by atoms with Gasteiger partial charge in [0.15, 0.2) is 0 Å².